The average Bonchev–Trinajstić information content (AvgIpc) is 2.93. The van der Waals surface area contributed by atoms with Gasteiger partial charge in [-0.1, -0.05) is 21.1 Å². The molecular formula is C16H18BrN3O3S. The number of hydrogen-bond acceptors (Lipinski definition) is 5. The molecule has 0 saturated heterocycles. The molecule has 2 rings (SSSR count). The first-order chi connectivity index (χ1) is 11.3. The van der Waals surface area contributed by atoms with Crippen molar-refractivity contribution in [1.82, 2.24) is 5.16 Å². The van der Waals surface area contributed by atoms with Gasteiger partial charge in [0.1, 0.15) is 5.76 Å². The van der Waals surface area contributed by atoms with Crippen LogP contribution in [0.3, 0.4) is 0 Å². The predicted octanol–water partition coefficient (Wildman–Crippen LogP) is 3.75. The van der Waals surface area contributed by atoms with Crippen LogP contribution in [-0.2, 0) is 9.59 Å². The Morgan fingerprint density at radius 3 is 2.67 bits per heavy atom. The molecular weight excluding hydrogens is 394 g/mol. The zero-order valence-corrected chi connectivity index (χ0v) is 16.0. The van der Waals surface area contributed by atoms with Crippen LogP contribution in [0, 0.1) is 13.8 Å². The summed E-state index contributed by atoms with van der Waals surface area (Å²) in [5.74, 6) is 0.801. The van der Waals surface area contributed by atoms with Crippen LogP contribution in [0.4, 0.5) is 11.5 Å². The summed E-state index contributed by atoms with van der Waals surface area (Å²) >= 11 is 4.67. The van der Waals surface area contributed by atoms with Crippen LogP contribution >= 0.6 is 27.7 Å². The second kappa shape index (κ2) is 8.34. The number of benzene rings is 1. The molecule has 0 fully saturated rings. The highest BCUT2D eigenvalue weighted by Gasteiger charge is 2.17. The SMILES string of the molecule is Cc1cc(NC(=O)[C@H](C)SCC(=O)Nc2ccc(Br)c(C)c2)no1. The van der Waals surface area contributed by atoms with Gasteiger partial charge in [-0.3, -0.25) is 9.59 Å². The molecule has 0 radical (unpaired) electrons. The summed E-state index contributed by atoms with van der Waals surface area (Å²) in [6.07, 6.45) is 0. The highest BCUT2D eigenvalue weighted by Crippen LogP contribution is 2.20. The molecule has 24 heavy (non-hydrogen) atoms. The molecule has 0 spiro atoms. The second-order valence-corrected chi connectivity index (χ2v) is 7.46. The quantitative estimate of drug-likeness (QED) is 0.755. The Bertz CT molecular complexity index is 748. The third kappa shape index (κ3) is 5.38. The van der Waals surface area contributed by atoms with Gasteiger partial charge in [0.2, 0.25) is 11.8 Å². The molecule has 1 aromatic carbocycles. The van der Waals surface area contributed by atoms with Gasteiger partial charge in [-0.15, -0.1) is 11.8 Å². The lowest BCUT2D eigenvalue weighted by molar-refractivity contribution is -0.115. The summed E-state index contributed by atoms with van der Waals surface area (Å²) in [4.78, 5) is 24.0. The van der Waals surface area contributed by atoms with E-state index in [0.29, 0.717) is 11.6 Å². The number of halogens is 1. The predicted molar refractivity (Wildman–Crippen MR) is 99.3 cm³/mol. The van der Waals surface area contributed by atoms with Crippen molar-refractivity contribution in [1.29, 1.82) is 0 Å². The van der Waals surface area contributed by atoms with Gasteiger partial charge in [0, 0.05) is 16.2 Å². The number of carbonyl (C=O) groups is 2. The van der Waals surface area contributed by atoms with Gasteiger partial charge in [0.15, 0.2) is 5.82 Å². The number of anilines is 2. The largest absolute Gasteiger partial charge is 0.360 e. The van der Waals surface area contributed by atoms with Gasteiger partial charge < -0.3 is 15.2 Å². The summed E-state index contributed by atoms with van der Waals surface area (Å²) in [5.41, 5.74) is 1.77. The first-order valence-electron chi connectivity index (χ1n) is 7.27. The van der Waals surface area contributed by atoms with Crippen molar-refractivity contribution in [3.63, 3.8) is 0 Å². The van der Waals surface area contributed by atoms with E-state index in [2.05, 4.69) is 31.7 Å². The molecule has 1 aromatic heterocycles. The second-order valence-electron chi connectivity index (χ2n) is 5.28. The van der Waals surface area contributed by atoms with E-state index in [0.717, 1.165) is 15.7 Å². The van der Waals surface area contributed by atoms with Crippen molar-refractivity contribution in [2.45, 2.75) is 26.0 Å². The minimum Gasteiger partial charge on any atom is -0.360 e. The molecule has 1 atom stereocenters. The highest BCUT2D eigenvalue weighted by molar-refractivity contribution is 9.10. The number of aryl methyl sites for hydroxylation is 2. The first kappa shape index (κ1) is 18.5. The molecule has 8 heteroatoms. The van der Waals surface area contributed by atoms with Crippen LogP contribution in [0.15, 0.2) is 33.3 Å². The number of aromatic nitrogens is 1. The van der Waals surface area contributed by atoms with E-state index in [4.69, 9.17) is 4.52 Å². The Hall–Kier alpha value is -1.80. The zero-order chi connectivity index (χ0) is 17.7. The van der Waals surface area contributed by atoms with E-state index in [-0.39, 0.29) is 22.8 Å². The Balaban J connectivity index is 1.79. The van der Waals surface area contributed by atoms with E-state index in [1.807, 2.05) is 25.1 Å². The van der Waals surface area contributed by atoms with E-state index in [1.54, 1.807) is 19.9 Å². The molecule has 6 nitrogen and oxygen atoms in total. The maximum Gasteiger partial charge on any atom is 0.238 e. The number of hydrogen-bond donors (Lipinski definition) is 2. The van der Waals surface area contributed by atoms with Crippen molar-refractivity contribution in [3.8, 4) is 0 Å². The van der Waals surface area contributed by atoms with Crippen molar-refractivity contribution in [2.75, 3.05) is 16.4 Å². The van der Waals surface area contributed by atoms with Gasteiger partial charge in [0.05, 0.1) is 11.0 Å². The summed E-state index contributed by atoms with van der Waals surface area (Å²) in [6.45, 7) is 5.44. The van der Waals surface area contributed by atoms with E-state index in [1.165, 1.54) is 11.8 Å². The minimum atomic E-state index is -0.389. The Morgan fingerprint density at radius 2 is 2.04 bits per heavy atom. The van der Waals surface area contributed by atoms with Gasteiger partial charge >= 0.3 is 0 Å². The fourth-order valence-corrected chi connectivity index (χ4v) is 2.78. The summed E-state index contributed by atoms with van der Waals surface area (Å²) < 4.78 is 5.88. The van der Waals surface area contributed by atoms with Gasteiger partial charge in [0.25, 0.3) is 0 Å². The third-order valence-electron chi connectivity index (χ3n) is 3.15. The maximum absolute atomic E-state index is 12.0. The van der Waals surface area contributed by atoms with Crippen LogP contribution in [0.2, 0.25) is 0 Å². The van der Waals surface area contributed by atoms with Gasteiger partial charge in [-0.05, 0) is 44.5 Å². The molecule has 2 amide bonds. The fourth-order valence-electron chi connectivity index (χ4n) is 1.85. The fraction of sp³-hybridized carbons (Fsp3) is 0.312. The van der Waals surface area contributed by atoms with Gasteiger partial charge in [-0.25, -0.2) is 0 Å². The highest BCUT2D eigenvalue weighted by atomic mass is 79.9. The zero-order valence-electron chi connectivity index (χ0n) is 13.6. The van der Waals surface area contributed by atoms with Crippen molar-refractivity contribution < 1.29 is 14.1 Å². The number of thioether (sulfide) groups is 1. The van der Waals surface area contributed by atoms with Crippen LogP contribution in [-0.4, -0.2) is 28.0 Å². The topological polar surface area (TPSA) is 84.2 Å². The summed E-state index contributed by atoms with van der Waals surface area (Å²) in [6, 6.07) is 7.23. The number of amides is 2. The number of carbonyl (C=O) groups excluding carboxylic acids is 2. The van der Waals surface area contributed by atoms with Crippen molar-refractivity contribution >= 4 is 51.0 Å². The van der Waals surface area contributed by atoms with Crippen LogP contribution in [0.25, 0.3) is 0 Å². The van der Waals surface area contributed by atoms with Crippen molar-refractivity contribution in [2.24, 2.45) is 0 Å². The number of nitrogens with zero attached hydrogens (tertiary/aromatic N) is 1. The normalized spacial score (nSPS) is 11.8. The number of rotatable bonds is 6. The van der Waals surface area contributed by atoms with E-state index >= 15 is 0 Å². The van der Waals surface area contributed by atoms with Gasteiger partial charge in [-0.2, -0.15) is 0 Å². The first-order valence-corrected chi connectivity index (χ1v) is 9.11. The summed E-state index contributed by atoms with van der Waals surface area (Å²) in [7, 11) is 0. The van der Waals surface area contributed by atoms with E-state index in [9.17, 15) is 9.59 Å². The van der Waals surface area contributed by atoms with Crippen LogP contribution in [0.1, 0.15) is 18.2 Å². The molecule has 0 unspecified atom stereocenters. The van der Waals surface area contributed by atoms with E-state index < -0.39 is 0 Å². The third-order valence-corrected chi connectivity index (χ3v) is 5.19. The smallest absolute Gasteiger partial charge is 0.238 e. The lowest BCUT2D eigenvalue weighted by Gasteiger charge is -2.11. The molecule has 0 aliphatic rings. The molecule has 0 bridgehead atoms. The lowest BCUT2D eigenvalue weighted by atomic mass is 10.2. The Morgan fingerprint density at radius 1 is 1.29 bits per heavy atom. The molecule has 0 aliphatic heterocycles. The minimum absolute atomic E-state index is 0.154. The molecule has 2 aromatic rings. The summed E-state index contributed by atoms with van der Waals surface area (Å²) in [5, 5.41) is 8.78. The Labute approximate surface area is 152 Å². The molecule has 0 aliphatic carbocycles. The van der Waals surface area contributed by atoms with Crippen LogP contribution < -0.4 is 10.6 Å². The average molecular weight is 412 g/mol. The monoisotopic (exact) mass is 411 g/mol. The molecule has 2 N–H and O–H groups in total. The molecule has 128 valence electrons. The maximum atomic E-state index is 12.0. The molecule has 0 saturated carbocycles. The van der Waals surface area contributed by atoms with Crippen molar-refractivity contribution in [3.05, 3.63) is 40.1 Å². The Kier molecular flexibility index (Phi) is 6.44. The standard InChI is InChI=1S/C16H18BrN3O3S/c1-9-6-12(4-5-13(9)17)18-15(21)8-24-11(3)16(22)19-14-7-10(2)23-20-14/h4-7,11H,8H2,1-3H3,(H,18,21)(H,19,20,22)/t11-/m0/s1. The molecule has 1 heterocycles. The van der Waals surface area contributed by atoms with Crippen LogP contribution in [0.5, 0.6) is 0 Å². The lowest BCUT2D eigenvalue weighted by Crippen LogP contribution is -2.25. The number of nitrogens with one attached hydrogen (secondary N) is 2.